The molecular formula is C19H27N5O. The number of hydrogen-bond acceptors (Lipinski definition) is 3. The third kappa shape index (κ3) is 5.00. The molecule has 134 valence electrons. The van der Waals surface area contributed by atoms with Crippen LogP contribution in [-0.4, -0.2) is 50.4 Å². The van der Waals surface area contributed by atoms with E-state index in [4.69, 9.17) is 4.74 Å². The number of aromatic nitrogens is 1. The molecule has 1 aliphatic heterocycles. The molecule has 1 fully saturated rings. The smallest absolute Gasteiger partial charge is 0.191 e. The van der Waals surface area contributed by atoms with Gasteiger partial charge in [0.15, 0.2) is 5.96 Å². The van der Waals surface area contributed by atoms with Crippen LogP contribution in [0.15, 0.2) is 53.8 Å². The molecule has 0 unspecified atom stereocenters. The Morgan fingerprint density at radius 1 is 1.08 bits per heavy atom. The van der Waals surface area contributed by atoms with Gasteiger partial charge in [0.05, 0.1) is 13.2 Å². The van der Waals surface area contributed by atoms with E-state index < -0.39 is 0 Å². The summed E-state index contributed by atoms with van der Waals surface area (Å²) in [5.41, 5.74) is 2.55. The summed E-state index contributed by atoms with van der Waals surface area (Å²) >= 11 is 0. The number of hydrogen-bond donors (Lipinski definition) is 2. The molecule has 0 aliphatic carbocycles. The molecule has 25 heavy (non-hydrogen) atoms. The lowest BCUT2D eigenvalue weighted by Gasteiger charge is -2.30. The van der Waals surface area contributed by atoms with Gasteiger partial charge in [-0.25, -0.2) is 0 Å². The summed E-state index contributed by atoms with van der Waals surface area (Å²) in [5, 5.41) is 6.78. The molecule has 0 bridgehead atoms. The van der Waals surface area contributed by atoms with Crippen molar-refractivity contribution in [2.45, 2.75) is 13.1 Å². The largest absolute Gasteiger partial charge is 0.378 e. The molecule has 0 radical (unpaired) electrons. The molecule has 0 amide bonds. The summed E-state index contributed by atoms with van der Waals surface area (Å²) in [4.78, 5) is 6.71. The van der Waals surface area contributed by atoms with Crippen LogP contribution in [0.5, 0.6) is 0 Å². The van der Waals surface area contributed by atoms with E-state index in [1.807, 2.05) is 12.1 Å². The topological polar surface area (TPSA) is 53.8 Å². The minimum absolute atomic E-state index is 0.747. The van der Waals surface area contributed by atoms with E-state index in [2.05, 4.69) is 61.8 Å². The second-order valence-electron chi connectivity index (χ2n) is 6.00. The quantitative estimate of drug-likeness (QED) is 0.620. The maximum Gasteiger partial charge on any atom is 0.191 e. The molecule has 0 spiro atoms. The van der Waals surface area contributed by atoms with Gasteiger partial charge in [0, 0.05) is 57.9 Å². The van der Waals surface area contributed by atoms with Crippen molar-refractivity contribution >= 4 is 11.6 Å². The Kier molecular flexibility index (Phi) is 6.34. The Bertz CT molecular complexity index is 662. The van der Waals surface area contributed by atoms with Gasteiger partial charge >= 0.3 is 0 Å². The van der Waals surface area contributed by atoms with Crippen molar-refractivity contribution in [3.05, 3.63) is 54.4 Å². The third-order valence-electron chi connectivity index (χ3n) is 4.34. The lowest BCUT2D eigenvalue weighted by atomic mass is 10.1. The second-order valence-corrected chi connectivity index (χ2v) is 6.00. The Labute approximate surface area is 149 Å². The standard InChI is InChI=1S/C19H27N5O/c1-20-19(21-8-11-23-9-4-5-10-23)22-16-17-6-2-3-7-18(17)24-12-14-25-15-13-24/h2-7,9-10H,8,11-16H2,1H3,(H2,20,21,22). The molecular weight excluding hydrogens is 314 g/mol. The van der Waals surface area contributed by atoms with E-state index in [1.165, 1.54) is 11.3 Å². The molecule has 2 N–H and O–H groups in total. The molecule has 1 aromatic heterocycles. The monoisotopic (exact) mass is 341 g/mol. The van der Waals surface area contributed by atoms with Crippen LogP contribution < -0.4 is 15.5 Å². The maximum atomic E-state index is 5.46. The van der Waals surface area contributed by atoms with Crippen LogP contribution in [0.1, 0.15) is 5.56 Å². The fourth-order valence-electron chi connectivity index (χ4n) is 3.00. The first kappa shape index (κ1) is 17.4. The van der Waals surface area contributed by atoms with Gasteiger partial charge in [-0.05, 0) is 23.8 Å². The predicted octanol–water partition coefficient (Wildman–Crippen LogP) is 1.69. The Morgan fingerprint density at radius 2 is 1.84 bits per heavy atom. The number of ether oxygens (including phenoxy) is 1. The molecule has 2 aromatic rings. The fourth-order valence-corrected chi connectivity index (χ4v) is 3.00. The Morgan fingerprint density at radius 3 is 2.60 bits per heavy atom. The highest BCUT2D eigenvalue weighted by Gasteiger charge is 2.14. The molecule has 0 atom stereocenters. The van der Waals surface area contributed by atoms with Gasteiger partial charge in [-0.15, -0.1) is 0 Å². The van der Waals surface area contributed by atoms with Gasteiger partial charge < -0.3 is 24.8 Å². The molecule has 3 rings (SSSR count). The van der Waals surface area contributed by atoms with Crippen LogP contribution >= 0.6 is 0 Å². The molecule has 0 saturated carbocycles. The van der Waals surface area contributed by atoms with Crippen LogP contribution in [0, 0.1) is 0 Å². The first-order valence-corrected chi connectivity index (χ1v) is 8.82. The minimum atomic E-state index is 0.747. The van der Waals surface area contributed by atoms with Crippen molar-refractivity contribution in [3.63, 3.8) is 0 Å². The molecule has 1 aliphatic rings. The van der Waals surface area contributed by atoms with Crippen molar-refractivity contribution in [1.29, 1.82) is 0 Å². The first-order valence-electron chi connectivity index (χ1n) is 8.82. The summed E-state index contributed by atoms with van der Waals surface area (Å²) in [6.07, 6.45) is 4.13. The Hall–Kier alpha value is -2.47. The third-order valence-corrected chi connectivity index (χ3v) is 4.34. The number of para-hydroxylation sites is 1. The van der Waals surface area contributed by atoms with Crippen molar-refractivity contribution in [2.75, 3.05) is 44.8 Å². The van der Waals surface area contributed by atoms with E-state index in [0.29, 0.717) is 0 Å². The number of anilines is 1. The van der Waals surface area contributed by atoms with Gasteiger partial charge in [0.25, 0.3) is 0 Å². The number of guanidine groups is 1. The predicted molar refractivity (Wildman–Crippen MR) is 102 cm³/mol. The summed E-state index contributed by atoms with van der Waals surface area (Å²) in [7, 11) is 1.80. The van der Waals surface area contributed by atoms with Gasteiger partial charge in [0.1, 0.15) is 0 Å². The summed E-state index contributed by atoms with van der Waals surface area (Å²) in [6, 6.07) is 12.6. The van der Waals surface area contributed by atoms with Crippen molar-refractivity contribution in [1.82, 2.24) is 15.2 Å². The normalized spacial score (nSPS) is 15.2. The van der Waals surface area contributed by atoms with E-state index in [0.717, 1.165) is 51.9 Å². The zero-order valence-electron chi connectivity index (χ0n) is 14.8. The average molecular weight is 341 g/mol. The molecule has 2 heterocycles. The molecule has 6 heteroatoms. The SMILES string of the molecule is CN=C(NCCn1cccc1)NCc1ccccc1N1CCOCC1. The van der Waals surface area contributed by atoms with E-state index >= 15 is 0 Å². The van der Waals surface area contributed by atoms with Crippen LogP contribution in [-0.2, 0) is 17.8 Å². The van der Waals surface area contributed by atoms with Gasteiger partial charge in [0.2, 0.25) is 0 Å². The number of aliphatic imine (C=N–C) groups is 1. The van der Waals surface area contributed by atoms with Gasteiger partial charge in [-0.1, -0.05) is 18.2 Å². The van der Waals surface area contributed by atoms with Crippen LogP contribution in [0.4, 0.5) is 5.69 Å². The van der Waals surface area contributed by atoms with Crippen molar-refractivity contribution in [2.24, 2.45) is 4.99 Å². The van der Waals surface area contributed by atoms with E-state index in [9.17, 15) is 0 Å². The number of benzene rings is 1. The highest BCUT2D eigenvalue weighted by molar-refractivity contribution is 5.79. The van der Waals surface area contributed by atoms with Gasteiger partial charge in [-0.2, -0.15) is 0 Å². The second kappa shape index (κ2) is 9.13. The summed E-state index contributed by atoms with van der Waals surface area (Å²) in [5.74, 6) is 0.823. The summed E-state index contributed by atoms with van der Waals surface area (Å²) < 4.78 is 7.61. The highest BCUT2D eigenvalue weighted by atomic mass is 16.5. The lowest BCUT2D eigenvalue weighted by molar-refractivity contribution is 0.122. The van der Waals surface area contributed by atoms with Crippen LogP contribution in [0.25, 0.3) is 0 Å². The van der Waals surface area contributed by atoms with Crippen molar-refractivity contribution in [3.8, 4) is 0 Å². The maximum absolute atomic E-state index is 5.46. The fraction of sp³-hybridized carbons (Fsp3) is 0.421. The number of rotatable bonds is 6. The van der Waals surface area contributed by atoms with E-state index in [-0.39, 0.29) is 0 Å². The molecule has 1 aromatic carbocycles. The lowest BCUT2D eigenvalue weighted by Crippen LogP contribution is -2.39. The number of morpholine rings is 1. The van der Waals surface area contributed by atoms with Crippen LogP contribution in [0.2, 0.25) is 0 Å². The highest BCUT2D eigenvalue weighted by Crippen LogP contribution is 2.21. The van der Waals surface area contributed by atoms with Crippen LogP contribution in [0.3, 0.4) is 0 Å². The zero-order chi connectivity index (χ0) is 17.3. The molecule has 1 saturated heterocycles. The van der Waals surface area contributed by atoms with Crippen molar-refractivity contribution < 1.29 is 4.74 Å². The number of nitrogens with one attached hydrogen (secondary N) is 2. The minimum Gasteiger partial charge on any atom is -0.378 e. The van der Waals surface area contributed by atoms with E-state index in [1.54, 1.807) is 7.05 Å². The zero-order valence-corrected chi connectivity index (χ0v) is 14.8. The number of nitrogens with zero attached hydrogens (tertiary/aromatic N) is 3. The Balaban J connectivity index is 1.52. The van der Waals surface area contributed by atoms with Gasteiger partial charge in [-0.3, -0.25) is 4.99 Å². The average Bonchev–Trinajstić information content (AvgIpc) is 3.19. The summed E-state index contributed by atoms with van der Waals surface area (Å²) in [6.45, 7) is 5.98. The first-order chi connectivity index (χ1) is 12.4. The molecule has 6 nitrogen and oxygen atoms in total.